The average Bonchev–Trinajstić information content (AvgIpc) is 3.08. The highest BCUT2D eigenvalue weighted by atomic mass is 16.5. The molecular formula is C19H20O2. The summed E-state index contributed by atoms with van der Waals surface area (Å²) in [6.45, 7) is 0. The van der Waals surface area contributed by atoms with Crippen molar-refractivity contribution in [1.82, 2.24) is 0 Å². The van der Waals surface area contributed by atoms with Gasteiger partial charge in [-0.3, -0.25) is 0 Å². The minimum atomic E-state index is -0.0877. The third-order valence-corrected chi connectivity index (χ3v) is 5.00. The van der Waals surface area contributed by atoms with Crippen LogP contribution in [0.25, 0.3) is 11.1 Å². The fraction of sp³-hybridized carbons (Fsp3) is 0.368. The fourth-order valence-electron chi connectivity index (χ4n) is 3.87. The zero-order valence-electron chi connectivity index (χ0n) is 12.0. The van der Waals surface area contributed by atoms with Crippen molar-refractivity contribution >= 4 is 0 Å². The molecule has 4 rings (SSSR count). The Morgan fingerprint density at radius 1 is 0.762 bits per heavy atom. The van der Waals surface area contributed by atoms with Gasteiger partial charge in [-0.05, 0) is 54.4 Å². The SMILES string of the molecule is OC1CC2CC1CC2Oc1ccc(-c2ccccc2)cc1. The molecule has 2 nitrogen and oxygen atoms in total. The number of aliphatic hydroxyl groups is 1. The number of ether oxygens (including phenoxy) is 1. The maximum atomic E-state index is 9.81. The van der Waals surface area contributed by atoms with Crippen LogP contribution >= 0.6 is 0 Å². The number of benzene rings is 2. The van der Waals surface area contributed by atoms with Gasteiger partial charge in [0.15, 0.2) is 0 Å². The standard InChI is InChI=1S/C19H20O2/c20-18-11-16-10-15(18)12-19(16)21-17-8-6-14(7-9-17)13-4-2-1-3-5-13/h1-9,15-16,18-20H,10-12H2. The predicted molar refractivity (Wildman–Crippen MR) is 83.1 cm³/mol. The van der Waals surface area contributed by atoms with Gasteiger partial charge in [0.2, 0.25) is 0 Å². The quantitative estimate of drug-likeness (QED) is 0.924. The molecule has 0 heterocycles. The van der Waals surface area contributed by atoms with Gasteiger partial charge in [-0.25, -0.2) is 0 Å². The molecular weight excluding hydrogens is 260 g/mol. The van der Waals surface area contributed by atoms with Crippen LogP contribution in [0.4, 0.5) is 0 Å². The van der Waals surface area contributed by atoms with Crippen molar-refractivity contribution in [2.75, 3.05) is 0 Å². The van der Waals surface area contributed by atoms with Crippen molar-refractivity contribution in [3.8, 4) is 16.9 Å². The number of fused-ring (bicyclic) bond motifs is 2. The molecule has 1 N–H and O–H groups in total. The van der Waals surface area contributed by atoms with E-state index in [1.807, 2.05) is 6.07 Å². The lowest BCUT2D eigenvalue weighted by atomic mass is 9.95. The molecule has 0 spiro atoms. The summed E-state index contributed by atoms with van der Waals surface area (Å²) in [6.07, 6.45) is 3.26. The topological polar surface area (TPSA) is 29.5 Å². The fourth-order valence-corrected chi connectivity index (χ4v) is 3.87. The zero-order valence-corrected chi connectivity index (χ0v) is 12.0. The molecule has 2 bridgehead atoms. The van der Waals surface area contributed by atoms with Crippen molar-refractivity contribution in [3.05, 3.63) is 54.6 Å². The van der Waals surface area contributed by atoms with Crippen molar-refractivity contribution in [2.24, 2.45) is 11.8 Å². The van der Waals surface area contributed by atoms with Crippen molar-refractivity contribution in [3.63, 3.8) is 0 Å². The third-order valence-electron chi connectivity index (χ3n) is 5.00. The summed E-state index contributed by atoms with van der Waals surface area (Å²) in [6, 6.07) is 18.7. The number of hydrogen-bond acceptors (Lipinski definition) is 2. The molecule has 2 aliphatic rings. The summed E-state index contributed by atoms with van der Waals surface area (Å²) in [5.41, 5.74) is 2.44. The Hall–Kier alpha value is -1.80. The molecule has 0 aromatic heterocycles. The van der Waals surface area contributed by atoms with Gasteiger partial charge >= 0.3 is 0 Å². The Morgan fingerprint density at radius 3 is 2.10 bits per heavy atom. The number of aliphatic hydroxyl groups excluding tert-OH is 1. The van der Waals surface area contributed by atoms with Gasteiger partial charge in [-0.2, -0.15) is 0 Å². The summed E-state index contributed by atoms with van der Waals surface area (Å²) >= 11 is 0. The van der Waals surface area contributed by atoms with E-state index in [-0.39, 0.29) is 6.10 Å². The minimum Gasteiger partial charge on any atom is -0.490 e. The van der Waals surface area contributed by atoms with E-state index in [9.17, 15) is 5.11 Å². The molecule has 0 radical (unpaired) electrons. The van der Waals surface area contributed by atoms with Gasteiger partial charge in [0.05, 0.1) is 6.10 Å². The van der Waals surface area contributed by atoms with Crippen LogP contribution in [0.15, 0.2) is 54.6 Å². The van der Waals surface area contributed by atoms with Crippen molar-refractivity contribution in [2.45, 2.75) is 31.5 Å². The van der Waals surface area contributed by atoms with Crippen LogP contribution in [0, 0.1) is 11.8 Å². The van der Waals surface area contributed by atoms with Crippen LogP contribution < -0.4 is 4.74 Å². The molecule has 4 unspecified atom stereocenters. The first-order valence-corrected chi connectivity index (χ1v) is 7.80. The summed E-state index contributed by atoms with van der Waals surface area (Å²) < 4.78 is 6.14. The van der Waals surface area contributed by atoms with E-state index in [2.05, 4.69) is 48.5 Å². The Bertz CT molecular complexity index is 603. The normalized spacial score (nSPS) is 30.5. The highest BCUT2D eigenvalue weighted by Gasteiger charge is 2.46. The molecule has 21 heavy (non-hydrogen) atoms. The molecule has 2 aliphatic carbocycles. The lowest BCUT2D eigenvalue weighted by Crippen LogP contribution is -2.29. The maximum absolute atomic E-state index is 9.81. The monoisotopic (exact) mass is 280 g/mol. The molecule has 2 fully saturated rings. The highest BCUT2D eigenvalue weighted by Crippen LogP contribution is 2.46. The van der Waals surface area contributed by atoms with Gasteiger partial charge in [0.1, 0.15) is 11.9 Å². The first-order chi connectivity index (χ1) is 10.3. The van der Waals surface area contributed by atoms with Crippen LogP contribution in [0.5, 0.6) is 5.75 Å². The average molecular weight is 280 g/mol. The Balaban J connectivity index is 1.46. The second-order valence-electron chi connectivity index (χ2n) is 6.34. The molecule has 108 valence electrons. The second-order valence-corrected chi connectivity index (χ2v) is 6.34. The van der Waals surface area contributed by atoms with Crippen LogP contribution in [0.3, 0.4) is 0 Å². The second kappa shape index (κ2) is 5.19. The van der Waals surface area contributed by atoms with Crippen LogP contribution in [0.1, 0.15) is 19.3 Å². The summed E-state index contributed by atoms with van der Waals surface area (Å²) in [5, 5.41) is 9.81. The van der Waals surface area contributed by atoms with E-state index in [0.717, 1.165) is 25.0 Å². The lowest BCUT2D eigenvalue weighted by Gasteiger charge is -2.25. The van der Waals surface area contributed by atoms with Gasteiger partial charge in [-0.15, -0.1) is 0 Å². The van der Waals surface area contributed by atoms with Crippen LogP contribution in [-0.2, 0) is 0 Å². The number of hydrogen-bond donors (Lipinski definition) is 1. The van der Waals surface area contributed by atoms with E-state index >= 15 is 0 Å². The third kappa shape index (κ3) is 2.44. The predicted octanol–water partition coefficient (Wildman–Crippen LogP) is 3.89. The Kier molecular flexibility index (Phi) is 3.19. The smallest absolute Gasteiger partial charge is 0.119 e. The first kappa shape index (κ1) is 12.9. The Labute approximate surface area is 125 Å². The van der Waals surface area contributed by atoms with Gasteiger partial charge in [0.25, 0.3) is 0 Å². The molecule has 0 saturated heterocycles. The van der Waals surface area contributed by atoms with E-state index in [0.29, 0.717) is 17.9 Å². The molecule has 2 aromatic rings. The first-order valence-electron chi connectivity index (χ1n) is 7.80. The molecule has 2 heteroatoms. The summed E-state index contributed by atoms with van der Waals surface area (Å²) in [7, 11) is 0. The molecule has 0 aliphatic heterocycles. The van der Waals surface area contributed by atoms with E-state index < -0.39 is 0 Å². The minimum absolute atomic E-state index is 0.0877. The van der Waals surface area contributed by atoms with Gasteiger partial charge in [0, 0.05) is 0 Å². The van der Waals surface area contributed by atoms with E-state index in [1.54, 1.807) is 0 Å². The lowest BCUT2D eigenvalue weighted by molar-refractivity contribution is 0.0570. The molecule has 2 aromatic carbocycles. The van der Waals surface area contributed by atoms with Crippen LogP contribution in [-0.4, -0.2) is 17.3 Å². The number of rotatable bonds is 3. The molecule has 2 saturated carbocycles. The maximum Gasteiger partial charge on any atom is 0.119 e. The van der Waals surface area contributed by atoms with Gasteiger partial charge in [-0.1, -0.05) is 42.5 Å². The highest BCUT2D eigenvalue weighted by molar-refractivity contribution is 5.63. The van der Waals surface area contributed by atoms with Gasteiger partial charge < -0.3 is 9.84 Å². The molecule has 4 atom stereocenters. The van der Waals surface area contributed by atoms with Crippen molar-refractivity contribution < 1.29 is 9.84 Å². The molecule has 0 amide bonds. The van der Waals surface area contributed by atoms with E-state index in [1.165, 1.54) is 11.1 Å². The summed E-state index contributed by atoms with van der Waals surface area (Å²) in [4.78, 5) is 0. The van der Waals surface area contributed by atoms with E-state index in [4.69, 9.17) is 4.74 Å². The summed E-state index contributed by atoms with van der Waals surface area (Å²) in [5.74, 6) is 1.95. The van der Waals surface area contributed by atoms with Crippen LogP contribution in [0.2, 0.25) is 0 Å². The zero-order chi connectivity index (χ0) is 14.2. The van der Waals surface area contributed by atoms with Crippen molar-refractivity contribution in [1.29, 1.82) is 0 Å². The Morgan fingerprint density at radius 2 is 1.48 bits per heavy atom. The largest absolute Gasteiger partial charge is 0.490 e.